The summed E-state index contributed by atoms with van der Waals surface area (Å²) < 4.78 is 0. The predicted molar refractivity (Wildman–Crippen MR) is 109 cm³/mol. The molecule has 0 aliphatic rings. The molecule has 0 atom stereocenters. The van der Waals surface area contributed by atoms with E-state index in [1.165, 1.54) is 11.1 Å². The monoisotopic (exact) mass is 334 g/mol. The van der Waals surface area contributed by atoms with Crippen molar-refractivity contribution in [2.24, 2.45) is 0 Å². The normalized spacial score (nSPS) is 8.83. The minimum Gasteiger partial charge on any atom is -0.0838 e. The molecular weight excluding hydrogens is 300 g/mol. The SMILES string of the molecule is CC.CC.Cc1cccc(C)c1Cl.Cc1ccccc1C(C)C. The fourth-order valence-corrected chi connectivity index (χ4v) is 2.15. The molecular formula is C22H35Cl. The van der Waals surface area contributed by atoms with Crippen molar-refractivity contribution in [1.29, 1.82) is 0 Å². The Morgan fingerprint density at radius 1 is 0.652 bits per heavy atom. The van der Waals surface area contributed by atoms with Gasteiger partial charge < -0.3 is 0 Å². The van der Waals surface area contributed by atoms with Crippen LogP contribution in [0.15, 0.2) is 42.5 Å². The Hall–Kier alpha value is -1.27. The zero-order valence-electron chi connectivity index (χ0n) is 16.5. The van der Waals surface area contributed by atoms with E-state index >= 15 is 0 Å². The number of aryl methyl sites for hydroxylation is 3. The third-order valence-corrected chi connectivity index (χ3v) is 3.79. The van der Waals surface area contributed by atoms with Gasteiger partial charge in [-0.05, 0) is 48.9 Å². The maximum absolute atomic E-state index is 5.88. The van der Waals surface area contributed by atoms with E-state index in [0.29, 0.717) is 5.92 Å². The van der Waals surface area contributed by atoms with Gasteiger partial charge >= 0.3 is 0 Å². The van der Waals surface area contributed by atoms with Gasteiger partial charge in [-0.25, -0.2) is 0 Å². The first-order valence-corrected chi connectivity index (χ1v) is 9.08. The minimum atomic E-state index is 0.654. The van der Waals surface area contributed by atoms with Crippen LogP contribution in [0, 0.1) is 20.8 Å². The van der Waals surface area contributed by atoms with Crippen molar-refractivity contribution in [2.45, 2.75) is 68.2 Å². The molecule has 130 valence electrons. The Balaban J connectivity index is 0. The highest BCUT2D eigenvalue weighted by atomic mass is 35.5. The molecule has 0 aromatic heterocycles. The van der Waals surface area contributed by atoms with Crippen LogP contribution >= 0.6 is 11.6 Å². The summed E-state index contributed by atoms with van der Waals surface area (Å²) in [5.74, 6) is 0.654. The van der Waals surface area contributed by atoms with Gasteiger partial charge in [0.25, 0.3) is 0 Å². The van der Waals surface area contributed by atoms with Gasteiger partial charge in [-0.3, -0.25) is 0 Å². The molecule has 0 N–H and O–H groups in total. The number of hydrogen-bond acceptors (Lipinski definition) is 0. The van der Waals surface area contributed by atoms with Gasteiger partial charge in [-0.2, -0.15) is 0 Å². The van der Waals surface area contributed by atoms with Gasteiger partial charge in [0.1, 0.15) is 0 Å². The second-order valence-electron chi connectivity index (χ2n) is 5.22. The van der Waals surface area contributed by atoms with Crippen LogP contribution < -0.4 is 0 Å². The molecule has 0 bridgehead atoms. The molecule has 2 aromatic rings. The summed E-state index contributed by atoms with van der Waals surface area (Å²) in [6.45, 7) is 18.6. The maximum Gasteiger partial charge on any atom is 0.0464 e. The summed E-state index contributed by atoms with van der Waals surface area (Å²) in [5, 5.41) is 0.887. The zero-order valence-corrected chi connectivity index (χ0v) is 17.3. The van der Waals surface area contributed by atoms with Crippen LogP contribution in [0.3, 0.4) is 0 Å². The number of rotatable bonds is 1. The standard InChI is InChI=1S/C10H14.C8H9Cl.2C2H6/c1-8(2)10-7-5-4-6-9(10)3;1-6-4-3-5-7(2)8(6)9;2*1-2/h4-8H,1-3H3;3-5H,1-2H3;2*1-2H3. The molecule has 23 heavy (non-hydrogen) atoms. The maximum atomic E-state index is 5.88. The third kappa shape index (κ3) is 9.46. The molecule has 0 nitrogen and oxygen atoms in total. The summed E-state index contributed by atoms with van der Waals surface area (Å²) in [6, 6.07) is 14.6. The lowest BCUT2D eigenvalue weighted by atomic mass is 9.99. The van der Waals surface area contributed by atoms with Crippen LogP contribution in [0.25, 0.3) is 0 Å². The second kappa shape index (κ2) is 14.3. The first-order chi connectivity index (χ1) is 10.9. The smallest absolute Gasteiger partial charge is 0.0464 e. The van der Waals surface area contributed by atoms with Crippen molar-refractivity contribution in [3.05, 3.63) is 69.7 Å². The van der Waals surface area contributed by atoms with Crippen LogP contribution in [0.4, 0.5) is 0 Å². The van der Waals surface area contributed by atoms with Crippen LogP contribution in [0.5, 0.6) is 0 Å². The quantitative estimate of drug-likeness (QED) is 0.493. The predicted octanol–water partition coefficient (Wildman–Crippen LogP) is 8.13. The Morgan fingerprint density at radius 3 is 1.35 bits per heavy atom. The van der Waals surface area contributed by atoms with Crippen molar-refractivity contribution < 1.29 is 0 Å². The molecule has 1 heteroatoms. The summed E-state index contributed by atoms with van der Waals surface area (Å²) >= 11 is 5.88. The van der Waals surface area contributed by atoms with E-state index in [-0.39, 0.29) is 0 Å². The summed E-state index contributed by atoms with van der Waals surface area (Å²) in [7, 11) is 0. The van der Waals surface area contributed by atoms with Crippen molar-refractivity contribution in [3.8, 4) is 0 Å². The van der Waals surface area contributed by atoms with Gasteiger partial charge in [0.05, 0.1) is 0 Å². The Kier molecular flexibility index (Phi) is 14.9. The summed E-state index contributed by atoms with van der Waals surface area (Å²) in [4.78, 5) is 0. The van der Waals surface area contributed by atoms with E-state index in [1.54, 1.807) is 0 Å². The number of hydrogen-bond donors (Lipinski definition) is 0. The lowest BCUT2D eigenvalue weighted by Gasteiger charge is -2.07. The fourth-order valence-electron chi connectivity index (χ4n) is 2.03. The molecule has 0 saturated carbocycles. The van der Waals surface area contributed by atoms with E-state index in [1.807, 2.05) is 59.7 Å². The van der Waals surface area contributed by atoms with Crippen LogP contribution in [0.1, 0.15) is 69.7 Å². The highest BCUT2D eigenvalue weighted by Gasteiger charge is 1.99. The molecule has 0 spiro atoms. The second-order valence-corrected chi connectivity index (χ2v) is 5.60. The largest absolute Gasteiger partial charge is 0.0838 e. The first kappa shape index (κ1) is 24.0. The molecule has 0 amide bonds. The zero-order chi connectivity index (χ0) is 18.4. The summed E-state index contributed by atoms with van der Waals surface area (Å²) in [5.41, 5.74) is 5.16. The number of benzene rings is 2. The van der Waals surface area contributed by atoms with Crippen molar-refractivity contribution in [3.63, 3.8) is 0 Å². The van der Waals surface area contributed by atoms with Gasteiger partial charge in [0.2, 0.25) is 0 Å². The first-order valence-electron chi connectivity index (χ1n) is 8.70. The Morgan fingerprint density at radius 2 is 1.04 bits per heavy atom. The van der Waals surface area contributed by atoms with Gasteiger partial charge in [0, 0.05) is 5.02 Å². The lowest BCUT2D eigenvalue weighted by Crippen LogP contribution is -1.89. The Labute approximate surface area is 149 Å². The summed E-state index contributed by atoms with van der Waals surface area (Å²) in [6.07, 6.45) is 0. The highest BCUT2D eigenvalue weighted by molar-refractivity contribution is 6.32. The van der Waals surface area contributed by atoms with Gasteiger partial charge in [0.15, 0.2) is 0 Å². The molecule has 0 unspecified atom stereocenters. The lowest BCUT2D eigenvalue weighted by molar-refractivity contribution is 0.856. The molecule has 0 radical (unpaired) electrons. The van der Waals surface area contributed by atoms with Crippen LogP contribution in [-0.4, -0.2) is 0 Å². The fraction of sp³-hybridized carbons (Fsp3) is 0.455. The van der Waals surface area contributed by atoms with Crippen molar-refractivity contribution >= 4 is 11.6 Å². The molecule has 0 saturated heterocycles. The molecule has 0 aliphatic carbocycles. The van der Waals surface area contributed by atoms with E-state index in [4.69, 9.17) is 11.6 Å². The average molecular weight is 335 g/mol. The van der Waals surface area contributed by atoms with Crippen LogP contribution in [0.2, 0.25) is 5.02 Å². The van der Waals surface area contributed by atoms with E-state index in [9.17, 15) is 0 Å². The minimum absolute atomic E-state index is 0.654. The number of halogens is 1. The third-order valence-electron chi connectivity index (χ3n) is 3.20. The van der Waals surface area contributed by atoms with Crippen molar-refractivity contribution in [1.82, 2.24) is 0 Å². The molecule has 0 fully saturated rings. The average Bonchev–Trinajstić information content (AvgIpc) is 2.57. The van der Waals surface area contributed by atoms with E-state index in [2.05, 4.69) is 45.0 Å². The Bertz CT molecular complexity index is 507. The molecule has 2 aromatic carbocycles. The molecule has 0 aliphatic heterocycles. The van der Waals surface area contributed by atoms with Gasteiger partial charge in [-0.15, -0.1) is 0 Å². The topological polar surface area (TPSA) is 0 Å². The highest BCUT2D eigenvalue weighted by Crippen LogP contribution is 2.18. The van der Waals surface area contributed by atoms with Crippen molar-refractivity contribution in [2.75, 3.05) is 0 Å². The van der Waals surface area contributed by atoms with E-state index < -0.39 is 0 Å². The van der Waals surface area contributed by atoms with E-state index in [0.717, 1.165) is 16.1 Å². The molecule has 0 heterocycles. The molecule has 2 rings (SSSR count). The van der Waals surface area contributed by atoms with Gasteiger partial charge in [-0.1, -0.05) is 95.6 Å². The van der Waals surface area contributed by atoms with Crippen LogP contribution in [-0.2, 0) is 0 Å².